The molecule has 0 bridgehead atoms. The molecule has 1 aliphatic carbocycles. The number of hydrogen-bond donors (Lipinski definition) is 2. The van der Waals surface area contributed by atoms with E-state index in [2.05, 4.69) is 25.5 Å². The molecule has 1 saturated carbocycles. The second-order valence-corrected chi connectivity index (χ2v) is 13.8. The minimum atomic E-state index is -3.31. The van der Waals surface area contributed by atoms with Crippen molar-refractivity contribution in [3.8, 4) is 5.75 Å². The Morgan fingerprint density at radius 1 is 1.14 bits per heavy atom. The van der Waals surface area contributed by atoms with Gasteiger partial charge in [-0.1, -0.05) is 37.0 Å². The lowest BCUT2D eigenvalue weighted by atomic mass is 9.97. The van der Waals surface area contributed by atoms with Crippen molar-refractivity contribution in [3.05, 3.63) is 39.6 Å². The number of anilines is 2. The number of methoxy groups -OCH3 is 2. The smallest absolute Gasteiger partial charge is 0.253 e. The zero-order valence-electron chi connectivity index (χ0n) is 24.5. The molecule has 14 heteroatoms. The Balaban J connectivity index is 0.00000506. The number of carbonyl (C=O) groups excluding carboxylic acids is 1. The molecule has 1 aromatic heterocycles. The Morgan fingerprint density at radius 3 is 2.51 bits per heavy atom. The van der Waals surface area contributed by atoms with Gasteiger partial charge in [0.1, 0.15) is 5.75 Å². The minimum absolute atomic E-state index is 0. The van der Waals surface area contributed by atoms with E-state index in [-0.39, 0.29) is 42.3 Å². The van der Waals surface area contributed by atoms with Crippen LogP contribution >= 0.6 is 23.2 Å². The summed E-state index contributed by atoms with van der Waals surface area (Å²) in [5.74, 6) is 0.525. The molecule has 43 heavy (non-hydrogen) atoms. The fourth-order valence-corrected chi connectivity index (χ4v) is 6.92. The van der Waals surface area contributed by atoms with Crippen LogP contribution in [0.25, 0.3) is 0 Å². The summed E-state index contributed by atoms with van der Waals surface area (Å²) in [7, 11) is 1.52. The average molecular weight is 660 g/mol. The third-order valence-corrected chi connectivity index (χ3v) is 10.1. The van der Waals surface area contributed by atoms with E-state index in [1.807, 2.05) is 0 Å². The van der Waals surface area contributed by atoms with Crippen molar-refractivity contribution in [3.63, 3.8) is 0 Å². The fraction of sp³-hybridized carbons (Fsp3) is 0.621. The molecule has 2 fully saturated rings. The molecule has 11 nitrogen and oxygen atoms in total. The molecule has 1 amide bonds. The lowest BCUT2D eigenvalue weighted by molar-refractivity contribution is 0.0892. The largest absolute Gasteiger partial charge is 0.495 e. The molecule has 0 spiro atoms. The summed E-state index contributed by atoms with van der Waals surface area (Å²) in [5, 5.41) is 6.92. The average Bonchev–Trinajstić information content (AvgIpc) is 3.41. The quantitative estimate of drug-likeness (QED) is 0.336. The predicted octanol–water partition coefficient (Wildman–Crippen LogP) is 4.61. The van der Waals surface area contributed by atoms with E-state index in [1.165, 1.54) is 23.9 Å². The number of carbonyl (C=O) groups is 1. The van der Waals surface area contributed by atoms with E-state index in [0.29, 0.717) is 40.7 Å². The van der Waals surface area contributed by atoms with Crippen molar-refractivity contribution in [1.29, 1.82) is 0 Å². The van der Waals surface area contributed by atoms with Gasteiger partial charge in [-0.05, 0) is 50.2 Å². The minimum Gasteiger partial charge on any atom is -0.495 e. The highest BCUT2D eigenvalue weighted by Gasteiger charge is 2.35. The molecule has 1 saturated heterocycles. The van der Waals surface area contributed by atoms with Crippen LogP contribution in [0.5, 0.6) is 5.75 Å². The van der Waals surface area contributed by atoms with Crippen LogP contribution in [-0.2, 0) is 21.2 Å². The van der Waals surface area contributed by atoms with E-state index >= 15 is 0 Å². The highest BCUT2D eigenvalue weighted by atomic mass is 35.5. The van der Waals surface area contributed by atoms with Crippen LogP contribution in [0.3, 0.4) is 0 Å². The Morgan fingerprint density at radius 2 is 1.86 bits per heavy atom. The van der Waals surface area contributed by atoms with Crippen LogP contribution in [-0.4, -0.2) is 99.3 Å². The van der Waals surface area contributed by atoms with E-state index in [9.17, 15) is 13.2 Å². The number of halogens is 2. The number of piperidine rings is 1. The maximum Gasteiger partial charge on any atom is 0.253 e. The lowest BCUT2D eigenvalue weighted by Crippen LogP contribution is -2.45. The fourth-order valence-electron chi connectivity index (χ4n) is 5.73. The molecule has 2 aliphatic rings. The number of benzene rings is 1. The first-order chi connectivity index (χ1) is 20.0. The molecule has 240 valence electrons. The molecule has 2 N–H and O–H groups in total. The Labute approximate surface area is 265 Å². The normalized spacial score (nSPS) is 19.7. The van der Waals surface area contributed by atoms with Crippen molar-refractivity contribution in [2.24, 2.45) is 5.92 Å². The van der Waals surface area contributed by atoms with Crippen molar-refractivity contribution in [1.82, 2.24) is 24.5 Å². The summed E-state index contributed by atoms with van der Waals surface area (Å²) >= 11 is 13.0. The summed E-state index contributed by atoms with van der Waals surface area (Å²) in [6, 6.07) is 3.18. The zero-order valence-corrected chi connectivity index (χ0v) is 26.9. The Bertz CT molecular complexity index is 1360. The van der Waals surface area contributed by atoms with Gasteiger partial charge in [-0.2, -0.15) is 0 Å². The van der Waals surface area contributed by atoms with Gasteiger partial charge in [-0.15, -0.1) is 0 Å². The van der Waals surface area contributed by atoms with E-state index in [1.54, 1.807) is 26.3 Å². The first-order valence-corrected chi connectivity index (χ1v) is 16.7. The molecule has 0 unspecified atom stereocenters. The van der Waals surface area contributed by atoms with Crippen LogP contribution in [0.1, 0.15) is 55.6 Å². The summed E-state index contributed by atoms with van der Waals surface area (Å²) in [6.45, 7) is 3.37. The number of aromatic nitrogens is 2. The lowest BCUT2D eigenvalue weighted by Gasteiger charge is -2.32. The molecule has 4 rings (SSSR count). The third kappa shape index (κ3) is 9.15. The zero-order chi connectivity index (χ0) is 30.4. The van der Waals surface area contributed by atoms with Gasteiger partial charge in [-0.3, -0.25) is 4.79 Å². The van der Waals surface area contributed by atoms with Gasteiger partial charge in [0, 0.05) is 45.9 Å². The molecule has 1 aliphatic heterocycles. The number of rotatable bonds is 12. The first kappa shape index (κ1) is 35.3. The van der Waals surface area contributed by atoms with Crippen molar-refractivity contribution in [2.45, 2.75) is 58.0 Å². The predicted molar refractivity (Wildman–Crippen MR) is 171 cm³/mol. The van der Waals surface area contributed by atoms with Gasteiger partial charge < -0.3 is 25.0 Å². The molecular weight excluding hydrogens is 615 g/mol. The van der Waals surface area contributed by atoms with Gasteiger partial charge in [0.15, 0.2) is 0 Å². The van der Waals surface area contributed by atoms with Crippen molar-refractivity contribution in [2.75, 3.05) is 59.1 Å². The van der Waals surface area contributed by atoms with Crippen molar-refractivity contribution < 1.29 is 22.7 Å². The molecule has 1 aromatic carbocycles. The summed E-state index contributed by atoms with van der Waals surface area (Å²) in [5.41, 5.74) is 1.44. The van der Waals surface area contributed by atoms with E-state index in [0.717, 1.165) is 51.7 Å². The highest BCUT2D eigenvalue weighted by molar-refractivity contribution is 7.88. The van der Waals surface area contributed by atoms with Gasteiger partial charge in [-0.25, -0.2) is 22.7 Å². The topological polar surface area (TPSA) is 126 Å². The first-order valence-electron chi connectivity index (χ1n) is 14.1. The monoisotopic (exact) mass is 658 g/mol. The number of hydrogen-bond acceptors (Lipinski definition) is 9. The van der Waals surface area contributed by atoms with Gasteiger partial charge >= 0.3 is 0 Å². The second kappa shape index (κ2) is 15.7. The summed E-state index contributed by atoms with van der Waals surface area (Å²) in [6.07, 6.45) is 7.59. The van der Waals surface area contributed by atoms with Crippen LogP contribution in [0, 0.1) is 5.92 Å². The molecule has 0 radical (unpaired) electrons. The molecular formula is C29H44Cl2N6O5S. The molecule has 2 aromatic rings. The number of amides is 1. The SMILES string of the molecule is C.COCCN1CCC(NC(=O)c2cc(OC)c(Nc3ncc(Cl)c(C[C@@H]4CCC[C@H]4N(C)S(C)(=O)=O)n3)cc2Cl)CC1. The maximum atomic E-state index is 13.1. The number of nitrogens with one attached hydrogen (secondary N) is 2. The van der Waals surface area contributed by atoms with E-state index < -0.39 is 10.0 Å². The van der Waals surface area contributed by atoms with Crippen LogP contribution in [0.2, 0.25) is 10.0 Å². The van der Waals surface area contributed by atoms with Gasteiger partial charge in [0.05, 0.1) is 53.2 Å². The summed E-state index contributed by atoms with van der Waals surface area (Å²) < 4.78 is 36.5. The highest BCUT2D eigenvalue weighted by Crippen LogP contribution is 2.36. The van der Waals surface area contributed by atoms with E-state index in [4.69, 9.17) is 32.7 Å². The van der Waals surface area contributed by atoms with Gasteiger partial charge in [0.25, 0.3) is 5.91 Å². The standard InChI is InChI=1S/C28H40Cl2N6O5S.CH4/c1-35(42(4,38)39)25-7-5-6-18(25)14-23-22(30)17-31-28(33-23)34-24-16-21(29)20(15-26(24)41-3)27(37)32-19-8-10-36(11-9-19)12-13-40-2;/h15-19,25H,5-14H2,1-4H3,(H,32,37)(H,31,33,34);1H4/t18-,25+;/m0./s1. The van der Waals surface area contributed by atoms with Crippen LogP contribution in [0.15, 0.2) is 18.3 Å². The van der Waals surface area contributed by atoms with Gasteiger partial charge in [0.2, 0.25) is 16.0 Å². The molecule has 2 heterocycles. The summed E-state index contributed by atoms with van der Waals surface area (Å²) in [4.78, 5) is 24.4. The number of nitrogens with zero attached hydrogens (tertiary/aromatic N) is 4. The molecule has 2 atom stereocenters. The number of sulfonamides is 1. The third-order valence-electron chi connectivity index (χ3n) is 8.20. The number of likely N-dealkylation sites (tertiary alicyclic amines) is 1. The maximum absolute atomic E-state index is 13.1. The van der Waals surface area contributed by atoms with Crippen molar-refractivity contribution >= 4 is 50.8 Å². The van der Waals surface area contributed by atoms with Crippen LogP contribution < -0.4 is 15.4 Å². The van der Waals surface area contributed by atoms with Crippen LogP contribution in [0.4, 0.5) is 11.6 Å². The Kier molecular flexibility index (Phi) is 12.9. The Hall–Kier alpha value is -2.22. The second-order valence-electron chi connectivity index (χ2n) is 11.0. The number of ether oxygens (including phenoxy) is 2.